The summed E-state index contributed by atoms with van der Waals surface area (Å²) in [5, 5.41) is 10.7. The summed E-state index contributed by atoms with van der Waals surface area (Å²) in [5.74, 6) is -0.207. The first-order chi connectivity index (χ1) is 16.4. The third-order valence-corrected chi connectivity index (χ3v) is 4.27. The molecule has 0 bridgehead atoms. The van der Waals surface area contributed by atoms with Crippen LogP contribution in [-0.4, -0.2) is 35.9 Å². The Balaban J connectivity index is 2.14. The number of nitrogens with two attached hydrogens (primary N) is 2. The molecule has 0 spiro atoms. The third-order valence-electron chi connectivity index (χ3n) is 4.27. The molecule has 0 saturated heterocycles. The number of carbonyl (C=O) groups excluding carboxylic acids is 3. The van der Waals surface area contributed by atoms with E-state index in [1.54, 1.807) is 45.0 Å². The Hall–Kier alpha value is -4.22. The number of rotatable bonds is 8. The summed E-state index contributed by atoms with van der Waals surface area (Å²) in [6.07, 6.45) is -3.07. The third kappa shape index (κ3) is 8.57. The van der Waals surface area contributed by atoms with Crippen LogP contribution in [0.5, 0.6) is 5.75 Å². The highest BCUT2D eigenvalue weighted by Crippen LogP contribution is 2.31. The van der Waals surface area contributed by atoms with E-state index in [0.717, 1.165) is 0 Å². The van der Waals surface area contributed by atoms with Crippen LogP contribution in [0.3, 0.4) is 0 Å². The number of benzene rings is 1. The van der Waals surface area contributed by atoms with E-state index >= 15 is 0 Å². The van der Waals surface area contributed by atoms with Crippen LogP contribution in [0.4, 0.5) is 32.6 Å². The van der Waals surface area contributed by atoms with Crippen LogP contribution in [-0.2, 0) is 14.3 Å². The molecule has 5 N–H and O–H groups in total. The van der Waals surface area contributed by atoms with Crippen molar-refractivity contribution in [3.63, 3.8) is 0 Å². The summed E-state index contributed by atoms with van der Waals surface area (Å²) >= 11 is 0. The van der Waals surface area contributed by atoms with Crippen LogP contribution < -0.4 is 21.5 Å². The topological polar surface area (TPSA) is 181 Å². The van der Waals surface area contributed by atoms with Gasteiger partial charge in [-0.3, -0.25) is 4.79 Å². The fraction of sp³-hybridized carbons (Fsp3) is 0.391. The molecule has 1 aromatic heterocycles. The molecule has 1 atom stereocenters. The molecule has 2 rings (SSSR count). The second kappa shape index (κ2) is 11.8. The van der Waals surface area contributed by atoms with E-state index in [4.69, 9.17) is 25.7 Å². The number of nitrogens with one attached hydrogen (secondary N) is 1. The molecule has 2 amide bonds. The first-order valence-corrected chi connectivity index (χ1v) is 10.8. The predicted molar refractivity (Wildman–Crippen MR) is 129 cm³/mol. The maximum Gasteiger partial charge on any atom is 0.513 e. The van der Waals surface area contributed by atoms with Gasteiger partial charge in [0, 0.05) is 5.41 Å². The van der Waals surface area contributed by atoms with Crippen molar-refractivity contribution in [2.45, 2.75) is 40.7 Å². The van der Waals surface area contributed by atoms with Crippen LogP contribution in [0, 0.1) is 11.3 Å². The Morgan fingerprint density at radius 1 is 1.06 bits per heavy atom. The average molecular weight is 487 g/mol. The van der Waals surface area contributed by atoms with Crippen molar-refractivity contribution in [2.75, 3.05) is 17.7 Å². The fourth-order valence-corrected chi connectivity index (χ4v) is 2.64. The zero-order valence-corrected chi connectivity index (χ0v) is 20.3. The molecule has 12 nitrogen and oxygen atoms in total. The van der Waals surface area contributed by atoms with Crippen molar-refractivity contribution >= 4 is 41.2 Å². The van der Waals surface area contributed by atoms with Crippen molar-refractivity contribution in [1.29, 1.82) is 0 Å². The number of amides is 2. The van der Waals surface area contributed by atoms with Crippen LogP contribution in [0.15, 0.2) is 46.6 Å². The molecule has 188 valence electrons. The summed E-state index contributed by atoms with van der Waals surface area (Å²) < 4.78 is 15.2. The lowest BCUT2D eigenvalue weighted by atomic mass is 9.88. The number of para-hydroxylation sites is 1. The number of pyridine rings is 1. The van der Waals surface area contributed by atoms with E-state index in [-0.39, 0.29) is 41.3 Å². The van der Waals surface area contributed by atoms with Crippen molar-refractivity contribution in [3.8, 4) is 5.75 Å². The minimum absolute atomic E-state index is 0.0237. The van der Waals surface area contributed by atoms with Crippen molar-refractivity contribution in [1.82, 2.24) is 4.98 Å². The summed E-state index contributed by atoms with van der Waals surface area (Å²) in [7, 11) is 0. The maximum atomic E-state index is 12.6. The number of anilines is 2. The molecule has 1 unspecified atom stereocenters. The van der Waals surface area contributed by atoms with Gasteiger partial charge < -0.3 is 31.0 Å². The predicted octanol–water partition coefficient (Wildman–Crippen LogP) is 4.70. The monoisotopic (exact) mass is 486 g/mol. The zero-order chi connectivity index (χ0) is 26.2. The first-order valence-electron chi connectivity index (χ1n) is 10.8. The Labute approximate surface area is 203 Å². The van der Waals surface area contributed by atoms with Gasteiger partial charge in [-0.15, -0.1) is 10.2 Å². The van der Waals surface area contributed by atoms with E-state index in [1.807, 2.05) is 13.8 Å². The second-order valence-electron chi connectivity index (χ2n) is 9.00. The average Bonchev–Trinajstić information content (AvgIpc) is 2.75. The van der Waals surface area contributed by atoms with Gasteiger partial charge in [0.25, 0.3) is 5.91 Å². The minimum atomic E-state index is -1.15. The molecule has 1 heterocycles. The van der Waals surface area contributed by atoms with E-state index in [1.165, 1.54) is 12.1 Å². The van der Waals surface area contributed by atoms with Crippen molar-refractivity contribution < 1.29 is 28.6 Å². The van der Waals surface area contributed by atoms with E-state index in [0.29, 0.717) is 0 Å². The standard InChI is InChI=1S/C23H30N6O6/c1-13(2)12-33-22(32)34-16-9-7-6-8-14(16)28-29-15-10-11-17(26-19(15)24)27-20(30)18(23(3,4)5)35-21(25)31/h6-11,13,18H,12H2,1-5H3,(H2,25,31)(H3,24,26,27,30). The number of azo groups is 1. The van der Waals surface area contributed by atoms with E-state index < -0.39 is 29.7 Å². The molecule has 0 fully saturated rings. The number of hydrogen-bond donors (Lipinski definition) is 3. The number of carbonyl (C=O) groups is 3. The Bertz CT molecular complexity index is 1100. The van der Waals surface area contributed by atoms with Gasteiger partial charge >= 0.3 is 12.2 Å². The summed E-state index contributed by atoms with van der Waals surface area (Å²) in [6.45, 7) is 9.19. The number of hydrogen-bond acceptors (Lipinski definition) is 10. The van der Waals surface area contributed by atoms with Crippen molar-refractivity contribution in [2.24, 2.45) is 27.3 Å². The largest absolute Gasteiger partial charge is 0.513 e. The molecule has 0 radical (unpaired) electrons. The molecule has 12 heteroatoms. The lowest BCUT2D eigenvalue weighted by Gasteiger charge is -2.28. The van der Waals surface area contributed by atoms with Crippen LogP contribution >= 0.6 is 0 Å². The van der Waals surface area contributed by atoms with Gasteiger partial charge in [0.1, 0.15) is 17.2 Å². The second-order valence-corrected chi connectivity index (χ2v) is 9.00. The number of nitrogen functional groups attached to an aromatic ring is 1. The Morgan fingerprint density at radius 2 is 1.71 bits per heavy atom. The molecule has 1 aromatic carbocycles. The molecular formula is C23H30N6O6. The number of nitrogens with zero attached hydrogens (tertiary/aromatic N) is 3. The zero-order valence-electron chi connectivity index (χ0n) is 20.3. The van der Waals surface area contributed by atoms with Gasteiger partial charge in [-0.25, -0.2) is 14.6 Å². The SMILES string of the molecule is CC(C)COC(=O)Oc1ccccc1N=Nc1ccc(NC(=O)C(OC(N)=O)C(C)(C)C)nc1N. The summed E-state index contributed by atoms with van der Waals surface area (Å²) in [5.41, 5.74) is 10.8. The van der Waals surface area contributed by atoms with E-state index in [9.17, 15) is 14.4 Å². The molecule has 0 aliphatic rings. The smallest absolute Gasteiger partial charge is 0.436 e. The number of primary amides is 1. The number of ether oxygens (including phenoxy) is 3. The summed E-state index contributed by atoms with van der Waals surface area (Å²) in [4.78, 5) is 39.7. The molecule has 0 aliphatic carbocycles. The van der Waals surface area contributed by atoms with Gasteiger partial charge in [-0.1, -0.05) is 46.8 Å². The van der Waals surface area contributed by atoms with Gasteiger partial charge in [-0.2, -0.15) is 0 Å². The van der Waals surface area contributed by atoms with Crippen LogP contribution in [0.2, 0.25) is 0 Å². The van der Waals surface area contributed by atoms with Gasteiger partial charge in [0.2, 0.25) is 0 Å². The fourth-order valence-electron chi connectivity index (χ4n) is 2.64. The molecule has 0 saturated carbocycles. The quantitative estimate of drug-likeness (QED) is 0.272. The van der Waals surface area contributed by atoms with Gasteiger partial charge in [0.15, 0.2) is 17.7 Å². The highest BCUT2D eigenvalue weighted by molar-refractivity contribution is 5.95. The maximum absolute atomic E-state index is 12.6. The van der Waals surface area contributed by atoms with Gasteiger partial charge in [-0.05, 0) is 30.2 Å². The lowest BCUT2D eigenvalue weighted by Crippen LogP contribution is -2.43. The first kappa shape index (κ1) is 27.0. The highest BCUT2D eigenvalue weighted by atomic mass is 16.7. The molecule has 0 aliphatic heterocycles. The van der Waals surface area contributed by atoms with Crippen LogP contribution in [0.1, 0.15) is 34.6 Å². The normalized spacial score (nSPS) is 12.3. The van der Waals surface area contributed by atoms with Crippen molar-refractivity contribution in [3.05, 3.63) is 36.4 Å². The minimum Gasteiger partial charge on any atom is -0.436 e. The number of aromatic nitrogens is 1. The highest BCUT2D eigenvalue weighted by Gasteiger charge is 2.34. The summed E-state index contributed by atoms with van der Waals surface area (Å²) in [6, 6.07) is 9.45. The Kier molecular flexibility index (Phi) is 9.09. The Morgan fingerprint density at radius 3 is 2.31 bits per heavy atom. The lowest BCUT2D eigenvalue weighted by molar-refractivity contribution is -0.129. The molecular weight excluding hydrogens is 456 g/mol. The van der Waals surface area contributed by atoms with E-state index in [2.05, 4.69) is 20.5 Å². The van der Waals surface area contributed by atoms with Gasteiger partial charge in [0.05, 0.1) is 6.61 Å². The molecule has 2 aromatic rings. The molecule has 35 heavy (non-hydrogen) atoms. The van der Waals surface area contributed by atoms with Crippen LogP contribution in [0.25, 0.3) is 0 Å².